The highest BCUT2D eigenvalue weighted by atomic mass is 127. The SMILES string of the molecule is O=CNCC(CCCCI)(c1ccccc1)c1ccccc1. The predicted molar refractivity (Wildman–Crippen MR) is 100 cm³/mol. The van der Waals surface area contributed by atoms with Crippen molar-refractivity contribution in [2.75, 3.05) is 11.0 Å². The number of rotatable bonds is 9. The Morgan fingerprint density at radius 1 is 0.909 bits per heavy atom. The molecule has 0 heterocycles. The van der Waals surface area contributed by atoms with Crippen LogP contribution < -0.4 is 5.32 Å². The Morgan fingerprint density at radius 2 is 1.45 bits per heavy atom. The number of halogens is 1. The van der Waals surface area contributed by atoms with Crippen LogP contribution in [0.3, 0.4) is 0 Å². The fourth-order valence-electron chi connectivity index (χ4n) is 3.00. The van der Waals surface area contributed by atoms with Gasteiger partial charge in [-0.1, -0.05) is 89.7 Å². The van der Waals surface area contributed by atoms with Gasteiger partial charge in [0.05, 0.1) is 0 Å². The monoisotopic (exact) mass is 407 g/mol. The summed E-state index contributed by atoms with van der Waals surface area (Å²) >= 11 is 2.43. The fraction of sp³-hybridized carbons (Fsp3) is 0.316. The molecule has 0 atom stereocenters. The molecule has 0 aliphatic rings. The molecule has 0 saturated heterocycles. The number of benzene rings is 2. The van der Waals surface area contributed by atoms with E-state index in [9.17, 15) is 4.79 Å². The average molecular weight is 407 g/mol. The lowest BCUT2D eigenvalue weighted by atomic mass is 9.71. The summed E-state index contributed by atoms with van der Waals surface area (Å²) in [5.74, 6) is 0. The molecule has 0 aromatic heterocycles. The second-order valence-electron chi connectivity index (χ2n) is 5.46. The Kier molecular flexibility index (Phi) is 6.90. The van der Waals surface area contributed by atoms with Gasteiger partial charge < -0.3 is 5.32 Å². The van der Waals surface area contributed by atoms with Gasteiger partial charge in [0.15, 0.2) is 0 Å². The lowest BCUT2D eigenvalue weighted by molar-refractivity contribution is -0.109. The van der Waals surface area contributed by atoms with E-state index in [1.165, 1.54) is 22.0 Å². The first-order chi connectivity index (χ1) is 10.8. The molecular formula is C19H22INO. The van der Waals surface area contributed by atoms with E-state index in [4.69, 9.17) is 0 Å². The summed E-state index contributed by atoms with van der Waals surface area (Å²) < 4.78 is 1.17. The highest BCUT2D eigenvalue weighted by Crippen LogP contribution is 2.36. The molecular weight excluding hydrogens is 385 g/mol. The van der Waals surface area contributed by atoms with Crippen molar-refractivity contribution in [2.24, 2.45) is 0 Å². The zero-order valence-electron chi connectivity index (χ0n) is 12.7. The molecule has 0 aliphatic heterocycles. The van der Waals surface area contributed by atoms with Crippen molar-refractivity contribution in [3.05, 3.63) is 71.8 Å². The Bertz CT molecular complexity index is 517. The van der Waals surface area contributed by atoms with Crippen molar-refractivity contribution in [3.8, 4) is 0 Å². The third kappa shape index (κ3) is 4.09. The first-order valence-electron chi connectivity index (χ1n) is 7.67. The highest BCUT2D eigenvalue weighted by molar-refractivity contribution is 14.1. The van der Waals surface area contributed by atoms with Gasteiger partial charge in [-0.15, -0.1) is 0 Å². The summed E-state index contributed by atoms with van der Waals surface area (Å²) in [5.41, 5.74) is 2.38. The van der Waals surface area contributed by atoms with Crippen LogP contribution in [0.2, 0.25) is 0 Å². The minimum absolute atomic E-state index is 0.157. The number of alkyl halides is 1. The minimum Gasteiger partial charge on any atom is -0.357 e. The molecule has 22 heavy (non-hydrogen) atoms. The molecule has 116 valence electrons. The molecule has 0 spiro atoms. The van der Waals surface area contributed by atoms with Crippen LogP contribution in [0.1, 0.15) is 30.4 Å². The second-order valence-corrected chi connectivity index (χ2v) is 6.54. The van der Waals surface area contributed by atoms with E-state index >= 15 is 0 Å². The number of hydrogen-bond acceptors (Lipinski definition) is 1. The number of nitrogens with one attached hydrogen (secondary N) is 1. The Labute approximate surface area is 146 Å². The smallest absolute Gasteiger partial charge is 0.207 e. The Hall–Kier alpha value is -1.36. The minimum atomic E-state index is -0.157. The van der Waals surface area contributed by atoms with Gasteiger partial charge in [-0.05, 0) is 28.4 Å². The van der Waals surface area contributed by atoms with Gasteiger partial charge in [-0.2, -0.15) is 0 Å². The van der Waals surface area contributed by atoms with E-state index in [0.717, 1.165) is 19.3 Å². The van der Waals surface area contributed by atoms with Crippen molar-refractivity contribution in [1.82, 2.24) is 5.32 Å². The highest BCUT2D eigenvalue weighted by Gasteiger charge is 2.33. The second kappa shape index (κ2) is 8.93. The molecule has 0 radical (unpaired) electrons. The summed E-state index contributed by atoms with van der Waals surface area (Å²) in [4.78, 5) is 10.9. The fourth-order valence-corrected chi connectivity index (χ4v) is 3.54. The molecule has 2 rings (SSSR count). The van der Waals surface area contributed by atoms with Crippen LogP contribution in [0.15, 0.2) is 60.7 Å². The van der Waals surface area contributed by atoms with Crippen molar-refractivity contribution >= 4 is 29.0 Å². The number of amides is 1. The molecule has 0 fully saturated rings. The molecule has 0 bridgehead atoms. The van der Waals surface area contributed by atoms with Crippen LogP contribution in [0.25, 0.3) is 0 Å². The van der Waals surface area contributed by atoms with E-state index in [-0.39, 0.29) is 5.41 Å². The lowest BCUT2D eigenvalue weighted by Crippen LogP contribution is -2.39. The van der Waals surface area contributed by atoms with Gasteiger partial charge >= 0.3 is 0 Å². The van der Waals surface area contributed by atoms with E-state index < -0.39 is 0 Å². The standard InChI is InChI=1S/C19H22INO/c20-14-8-7-13-19(15-21-16-22,17-9-3-1-4-10-17)18-11-5-2-6-12-18/h1-6,9-12,16H,7-8,13-15H2,(H,21,22). The number of carbonyl (C=O) groups excluding carboxylic acids is 1. The number of carbonyl (C=O) groups is 1. The van der Waals surface area contributed by atoms with Gasteiger partial charge in [0.2, 0.25) is 6.41 Å². The zero-order chi connectivity index (χ0) is 15.7. The van der Waals surface area contributed by atoms with Crippen LogP contribution in [-0.4, -0.2) is 17.4 Å². The molecule has 3 heteroatoms. The normalized spacial score (nSPS) is 11.1. The van der Waals surface area contributed by atoms with Crippen LogP contribution in [0.5, 0.6) is 0 Å². The summed E-state index contributed by atoms with van der Waals surface area (Å²) in [6.45, 7) is 0.631. The van der Waals surface area contributed by atoms with Crippen molar-refractivity contribution in [2.45, 2.75) is 24.7 Å². The van der Waals surface area contributed by atoms with Crippen molar-refractivity contribution in [1.29, 1.82) is 0 Å². The summed E-state index contributed by atoms with van der Waals surface area (Å²) in [6.07, 6.45) is 4.18. The molecule has 2 aromatic rings. The molecule has 1 amide bonds. The number of unbranched alkanes of at least 4 members (excludes halogenated alkanes) is 1. The van der Waals surface area contributed by atoms with Crippen LogP contribution in [0, 0.1) is 0 Å². The first kappa shape index (κ1) is 17.0. The van der Waals surface area contributed by atoms with Gasteiger partial charge in [0.1, 0.15) is 0 Å². The quantitative estimate of drug-likeness (QED) is 0.285. The Morgan fingerprint density at radius 3 is 1.91 bits per heavy atom. The van der Waals surface area contributed by atoms with Crippen molar-refractivity contribution in [3.63, 3.8) is 0 Å². The van der Waals surface area contributed by atoms with Gasteiger partial charge in [-0.3, -0.25) is 4.79 Å². The maximum absolute atomic E-state index is 10.9. The van der Waals surface area contributed by atoms with Crippen LogP contribution >= 0.6 is 22.6 Å². The summed E-state index contributed by atoms with van der Waals surface area (Å²) in [7, 11) is 0. The maximum atomic E-state index is 10.9. The van der Waals surface area contributed by atoms with E-state index in [1.54, 1.807) is 0 Å². The van der Waals surface area contributed by atoms with Gasteiger partial charge in [-0.25, -0.2) is 0 Å². The summed E-state index contributed by atoms with van der Waals surface area (Å²) in [5, 5.41) is 2.93. The average Bonchev–Trinajstić information content (AvgIpc) is 2.60. The first-order valence-corrected chi connectivity index (χ1v) is 9.20. The van der Waals surface area contributed by atoms with Gasteiger partial charge in [0, 0.05) is 12.0 Å². The molecule has 2 nitrogen and oxygen atoms in total. The van der Waals surface area contributed by atoms with E-state index in [2.05, 4.69) is 76.4 Å². The molecule has 0 unspecified atom stereocenters. The van der Waals surface area contributed by atoms with E-state index in [0.29, 0.717) is 6.54 Å². The molecule has 0 saturated carbocycles. The molecule has 2 aromatic carbocycles. The molecule has 0 aliphatic carbocycles. The van der Waals surface area contributed by atoms with E-state index in [1.807, 2.05) is 12.1 Å². The van der Waals surface area contributed by atoms with Crippen LogP contribution in [0.4, 0.5) is 0 Å². The maximum Gasteiger partial charge on any atom is 0.207 e. The van der Waals surface area contributed by atoms with Crippen molar-refractivity contribution < 1.29 is 4.79 Å². The third-order valence-electron chi connectivity index (χ3n) is 4.13. The predicted octanol–water partition coefficient (Wildman–Crippen LogP) is 4.32. The zero-order valence-corrected chi connectivity index (χ0v) is 14.8. The largest absolute Gasteiger partial charge is 0.357 e. The van der Waals surface area contributed by atoms with Crippen LogP contribution in [-0.2, 0) is 10.2 Å². The third-order valence-corrected chi connectivity index (χ3v) is 4.89. The number of hydrogen-bond donors (Lipinski definition) is 1. The Balaban J connectivity index is 2.45. The summed E-state index contributed by atoms with van der Waals surface area (Å²) in [6, 6.07) is 21.1. The molecule has 1 N–H and O–H groups in total. The van der Waals surface area contributed by atoms with Gasteiger partial charge in [0.25, 0.3) is 0 Å². The topological polar surface area (TPSA) is 29.1 Å². The lowest BCUT2D eigenvalue weighted by Gasteiger charge is -2.35.